The number of carboxylic acids is 1. The van der Waals surface area contributed by atoms with E-state index in [0.717, 1.165) is 64.4 Å². The standard InChI is InChI=1S/C16H30O4/c1-20-14-10-6-5-8-12-15(17)11-7-3-2-4-9-13-16(18)19/h2-14H2,1H3,(H,18,19). The van der Waals surface area contributed by atoms with E-state index in [1.54, 1.807) is 7.11 Å². The predicted octanol–water partition coefficient (Wildman–Crippen LogP) is 3.97. The summed E-state index contributed by atoms with van der Waals surface area (Å²) in [5.74, 6) is -0.340. The number of Topliss-reactive ketones (excluding diaryl/α,β-unsaturated/α-hetero) is 1. The number of carboxylic acid groups (broad SMARTS) is 1. The molecule has 0 unspecified atom stereocenters. The van der Waals surface area contributed by atoms with Crippen molar-refractivity contribution in [3.05, 3.63) is 0 Å². The highest BCUT2D eigenvalue weighted by molar-refractivity contribution is 5.78. The van der Waals surface area contributed by atoms with Crippen LogP contribution < -0.4 is 0 Å². The van der Waals surface area contributed by atoms with Crippen molar-refractivity contribution in [1.29, 1.82) is 0 Å². The van der Waals surface area contributed by atoms with Gasteiger partial charge in [0.25, 0.3) is 0 Å². The molecule has 0 radical (unpaired) electrons. The van der Waals surface area contributed by atoms with E-state index in [1.807, 2.05) is 0 Å². The van der Waals surface area contributed by atoms with Crippen LogP contribution in [0.2, 0.25) is 0 Å². The van der Waals surface area contributed by atoms with E-state index < -0.39 is 5.97 Å². The summed E-state index contributed by atoms with van der Waals surface area (Å²) in [6.45, 7) is 0.815. The second kappa shape index (κ2) is 14.5. The Kier molecular flexibility index (Phi) is 13.9. The Hall–Kier alpha value is -0.900. The first-order valence-corrected chi connectivity index (χ1v) is 7.89. The fourth-order valence-corrected chi connectivity index (χ4v) is 2.18. The summed E-state index contributed by atoms with van der Waals surface area (Å²) in [6, 6.07) is 0. The van der Waals surface area contributed by atoms with Gasteiger partial charge in [-0.15, -0.1) is 0 Å². The van der Waals surface area contributed by atoms with Gasteiger partial charge in [0.05, 0.1) is 0 Å². The van der Waals surface area contributed by atoms with E-state index in [9.17, 15) is 9.59 Å². The van der Waals surface area contributed by atoms with Gasteiger partial charge in [0.1, 0.15) is 5.78 Å². The zero-order valence-electron chi connectivity index (χ0n) is 12.9. The lowest BCUT2D eigenvalue weighted by atomic mass is 10.0. The first-order chi connectivity index (χ1) is 9.66. The van der Waals surface area contributed by atoms with Gasteiger partial charge < -0.3 is 9.84 Å². The van der Waals surface area contributed by atoms with Crippen molar-refractivity contribution >= 4 is 11.8 Å². The van der Waals surface area contributed by atoms with Crippen LogP contribution in [-0.4, -0.2) is 30.6 Å². The molecule has 0 spiro atoms. The molecule has 0 amide bonds. The maximum atomic E-state index is 11.6. The highest BCUT2D eigenvalue weighted by Gasteiger charge is 2.02. The number of methoxy groups -OCH3 is 1. The van der Waals surface area contributed by atoms with Gasteiger partial charge >= 0.3 is 5.97 Å². The molecular formula is C16H30O4. The van der Waals surface area contributed by atoms with Gasteiger partial charge in [-0.25, -0.2) is 0 Å². The van der Waals surface area contributed by atoms with Gasteiger partial charge in [0.15, 0.2) is 0 Å². The smallest absolute Gasteiger partial charge is 0.303 e. The third kappa shape index (κ3) is 15.2. The topological polar surface area (TPSA) is 63.6 Å². The fraction of sp³-hybridized carbons (Fsp3) is 0.875. The molecule has 1 N–H and O–H groups in total. The zero-order valence-corrected chi connectivity index (χ0v) is 12.9. The van der Waals surface area contributed by atoms with Gasteiger partial charge in [0.2, 0.25) is 0 Å². The van der Waals surface area contributed by atoms with Crippen LogP contribution in [0.15, 0.2) is 0 Å². The molecule has 4 heteroatoms. The molecule has 0 atom stereocenters. The second-order valence-corrected chi connectivity index (χ2v) is 5.36. The number of ether oxygens (including phenoxy) is 1. The van der Waals surface area contributed by atoms with Crippen molar-refractivity contribution in [2.24, 2.45) is 0 Å². The van der Waals surface area contributed by atoms with Crippen molar-refractivity contribution < 1.29 is 19.4 Å². The van der Waals surface area contributed by atoms with Gasteiger partial charge in [-0.05, 0) is 25.7 Å². The molecule has 0 saturated carbocycles. The Morgan fingerprint density at radius 3 is 1.70 bits per heavy atom. The van der Waals surface area contributed by atoms with Crippen molar-refractivity contribution in [2.45, 2.75) is 77.0 Å². The minimum atomic E-state index is -0.717. The first-order valence-electron chi connectivity index (χ1n) is 7.89. The molecule has 0 aliphatic rings. The minimum absolute atomic E-state index is 0.266. The summed E-state index contributed by atoms with van der Waals surface area (Å²) >= 11 is 0. The maximum absolute atomic E-state index is 11.6. The number of hydrogen-bond acceptors (Lipinski definition) is 3. The van der Waals surface area contributed by atoms with Crippen LogP contribution in [0.5, 0.6) is 0 Å². The van der Waals surface area contributed by atoms with Crippen LogP contribution in [0.25, 0.3) is 0 Å². The summed E-state index contributed by atoms with van der Waals surface area (Å²) < 4.78 is 4.98. The van der Waals surface area contributed by atoms with E-state index in [2.05, 4.69) is 0 Å². The van der Waals surface area contributed by atoms with Crippen LogP contribution >= 0.6 is 0 Å². The van der Waals surface area contributed by atoms with Crippen LogP contribution in [0, 0.1) is 0 Å². The summed E-state index contributed by atoms with van der Waals surface area (Å²) in [5.41, 5.74) is 0. The van der Waals surface area contributed by atoms with Crippen molar-refractivity contribution in [1.82, 2.24) is 0 Å². The van der Waals surface area contributed by atoms with Crippen molar-refractivity contribution in [3.63, 3.8) is 0 Å². The van der Waals surface area contributed by atoms with E-state index >= 15 is 0 Å². The van der Waals surface area contributed by atoms with Crippen LogP contribution in [-0.2, 0) is 14.3 Å². The van der Waals surface area contributed by atoms with Crippen molar-refractivity contribution in [2.75, 3.05) is 13.7 Å². The SMILES string of the molecule is COCCCCCCC(=O)CCCCCCCC(=O)O. The van der Waals surface area contributed by atoms with Gasteiger partial charge in [0, 0.05) is 33.0 Å². The lowest BCUT2D eigenvalue weighted by Gasteiger charge is -2.02. The van der Waals surface area contributed by atoms with E-state index in [-0.39, 0.29) is 6.42 Å². The number of aliphatic carboxylic acids is 1. The van der Waals surface area contributed by atoms with Gasteiger partial charge in [-0.1, -0.05) is 32.1 Å². The molecule has 4 nitrogen and oxygen atoms in total. The molecule has 20 heavy (non-hydrogen) atoms. The number of unbranched alkanes of at least 4 members (excludes halogenated alkanes) is 7. The highest BCUT2D eigenvalue weighted by Crippen LogP contribution is 2.10. The Labute approximate surface area is 122 Å². The maximum Gasteiger partial charge on any atom is 0.303 e. The molecule has 0 aromatic carbocycles. The minimum Gasteiger partial charge on any atom is -0.481 e. The van der Waals surface area contributed by atoms with Crippen LogP contribution in [0.1, 0.15) is 77.0 Å². The number of carbonyl (C=O) groups excluding carboxylic acids is 1. The Balaban J connectivity index is 3.18. The number of carbonyl (C=O) groups is 2. The Bertz CT molecular complexity index is 251. The van der Waals surface area contributed by atoms with E-state index in [1.165, 1.54) is 0 Å². The molecule has 0 fully saturated rings. The lowest BCUT2D eigenvalue weighted by molar-refractivity contribution is -0.137. The quantitative estimate of drug-likeness (QED) is 0.463. The van der Waals surface area contributed by atoms with E-state index in [0.29, 0.717) is 18.6 Å². The molecule has 0 saturated heterocycles. The summed E-state index contributed by atoms with van der Waals surface area (Å²) in [6.07, 6.45) is 10.8. The number of rotatable bonds is 15. The number of hydrogen-bond donors (Lipinski definition) is 1. The molecule has 0 bridgehead atoms. The molecule has 0 aliphatic heterocycles. The third-order valence-corrected chi connectivity index (χ3v) is 3.40. The highest BCUT2D eigenvalue weighted by atomic mass is 16.5. The summed E-state index contributed by atoms with van der Waals surface area (Å²) in [7, 11) is 1.71. The van der Waals surface area contributed by atoms with Gasteiger partial charge in [-0.2, -0.15) is 0 Å². The zero-order chi connectivity index (χ0) is 15.1. The monoisotopic (exact) mass is 286 g/mol. The number of ketones is 1. The van der Waals surface area contributed by atoms with Crippen LogP contribution in [0.4, 0.5) is 0 Å². The normalized spacial score (nSPS) is 10.7. The molecular weight excluding hydrogens is 256 g/mol. The fourth-order valence-electron chi connectivity index (χ4n) is 2.18. The molecule has 0 heterocycles. The molecule has 0 rings (SSSR count). The van der Waals surface area contributed by atoms with Crippen molar-refractivity contribution in [3.8, 4) is 0 Å². The van der Waals surface area contributed by atoms with E-state index in [4.69, 9.17) is 9.84 Å². The third-order valence-electron chi connectivity index (χ3n) is 3.40. The largest absolute Gasteiger partial charge is 0.481 e. The lowest BCUT2D eigenvalue weighted by Crippen LogP contribution is -1.98. The molecule has 0 aliphatic carbocycles. The Morgan fingerprint density at radius 2 is 1.20 bits per heavy atom. The second-order valence-electron chi connectivity index (χ2n) is 5.36. The molecule has 0 aromatic rings. The average Bonchev–Trinajstić information content (AvgIpc) is 2.41. The average molecular weight is 286 g/mol. The molecule has 118 valence electrons. The summed E-state index contributed by atoms with van der Waals surface area (Å²) in [5, 5.41) is 8.49. The predicted molar refractivity (Wildman–Crippen MR) is 79.9 cm³/mol. The molecule has 0 aromatic heterocycles. The Morgan fingerprint density at radius 1 is 0.750 bits per heavy atom. The van der Waals surface area contributed by atoms with Gasteiger partial charge in [-0.3, -0.25) is 9.59 Å². The summed E-state index contributed by atoms with van der Waals surface area (Å²) in [4.78, 5) is 21.9. The van der Waals surface area contributed by atoms with Crippen LogP contribution in [0.3, 0.4) is 0 Å². The first kappa shape index (κ1) is 19.1.